The molecule has 0 amide bonds. The first kappa shape index (κ1) is 23.9. The minimum absolute atomic E-state index is 0. The van der Waals surface area contributed by atoms with Crippen molar-refractivity contribution in [3.05, 3.63) is 0 Å². The Balaban J connectivity index is 0.000000425. The van der Waals surface area contributed by atoms with Crippen molar-refractivity contribution in [1.82, 2.24) is 0 Å². The molecule has 24 heavy (non-hydrogen) atoms. The van der Waals surface area contributed by atoms with Crippen LogP contribution >= 0.6 is 0 Å². The quantitative estimate of drug-likeness (QED) is 0.441. The van der Waals surface area contributed by atoms with Gasteiger partial charge < -0.3 is 4.74 Å². The van der Waals surface area contributed by atoms with Gasteiger partial charge in [0.25, 0.3) is 0 Å². The monoisotopic (exact) mass is 344 g/mol. The van der Waals surface area contributed by atoms with Gasteiger partial charge in [0, 0.05) is 5.41 Å². The van der Waals surface area contributed by atoms with E-state index in [9.17, 15) is 4.39 Å². The molecule has 0 N–H and O–H groups in total. The van der Waals surface area contributed by atoms with Gasteiger partial charge in [-0.25, -0.2) is 4.39 Å². The smallest absolute Gasteiger partial charge is 0.111 e. The Kier molecular flexibility index (Phi) is 8.97. The summed E-state index contributed by atoms with van der Waals surface area (Å²) in [7, 11) is 0. The number of rotatable bonds is 8. The molecule has 2 rings (SSSR count). The molecule has 1 heterocycles. The highest BCUT2D eigenvalue weighted by Crippen LogP contribution is 2.50. The molecule has 1 saturated heterocycles. The molecule has 0 bridgehead atoms. The first-order valence-corrected chi connectivity index (χ1v) is 9.84. The molecule has 0 aromatic carbocycles. The molecule has 1 nitrogen and oxygen atoms in total. The van der Waals surface area contributed by atoms with E-state index in [-0.39, 0.29) is 12.8 Å². The van der Waals surface area contributed by atoms with Crippen molar-refractivity contribution in [3.8, 4) is 0 Å². The molecule has 2 aliphatic rings. The second-order valence-electron chi connectivity index (χ2n) is 9.34. The minimum Gasteiger partial charge on any atom is -0.380 e. The largest absolute Gasteiger partial charge is 0.380 e. The predicted molar refractivity (Wildman–Crippen MR) is 105 cm³/mol. The van der Waals surface area contributed by atoms with Gasteiger partial charge in [0.2, 0.25) is 0 Å². The van der Waals surface area contributed by atoms with Gasteiger partial charge in [0.1, 0.15) is 5.67 Å². The fourth-order valence-electron chi connectivity index (χ4n) is 3.66. The SMILES string of the molecule is C.CCC(C)(CC)CC1(C)COC1.CCC(C)(CC)CC1(F)CC1. The Morgan fingerprint density at radius 2 is 1.21 bits per heavy atom. The van der Waals surface area contributed by atoms with Crippen LogP contribution in [-0.4, -0.2) is 18.9 Å². The van der Waals surface area contributed by atoms with E-state index in [4.69, 9.17) is 4.74 Å². The second-order valence-corrected chi connectivity index (χ2v) is 9.34. The summed E-state index contributed by atoms with van der Waals surface area (Å²) in [6.45, 7) is 17.8. The average Bonchev–Trinajstić information content (AvgIpc) is 3.22. The van der Waals surface area contributed by atoms with Crippen LogP contribution < -0.4 is 0 Å². The van der Waals surface area contributed by atoms with Crippen LogP contribution in [0.4, 0.5) is 4.39 Å². The molecule has 1 aliphatic heterocycles. The van der Waals surface area contributed by atoms with E-state index >= 15 is 0 Å². The van der Waals surface area contributed by atoms with Gasteiger partial charge in [0.15, 0.2) is 0 Å². The van der Waals surface area contributed by atoms with Gasteiger partial charge in [-0.2, -0.15) is 0 Å². The van der Waals surface area contributed by atoms with Crippen LogP contribution in [0.1, 0.15) is 107 Å². The molecule has 0 aromatic heterocycles. The average molecular weight is 345 g/mol. The number of hydrogen-bond donors (Lipinski definition) is 0. The number of hydrogen-bond acceptors (Lipinski definition) is 1. The van der Waals surface area contributed by atoms with Crippen molar-refractivity contribution in [3.63, 3.8) is 0 Å². The summed E-state index contributed by atoms with van der Waals surface area (Å²) in [4.78, 5) is 0. The number of ether oxygens (including phenoxy) is 1. The minimum atomic E-state index is -0.763. The molecule has 1 saturated carbocycles. The van der Waals surface area contributed by atoms with E-state index in [0.717, 1.165) is 45.3 Å². The molecular formula is C22H45FO. The van der Waals surface area contributed by atoms with Crippen LogP contribution in [0.3, 0.4) is 0 Å². The molecule has 0 radical (unpaired) electrons. The lowest BCUT2D eigenvalue weighted by Crippen LogP contribution is -2.43. The molecule has 2 heteroatoms. The molecular weight excluding hydrogens is 299 g/mol. The van der Waals surface area contributed by atoms with Gasteiger partial charge >= 0.3 is 0 Å². The zero-order valence-corrected chi connectivity index (χ0v) is 16.9. The number of halogens is 1. The molecule has 0 aromatic rings. The van der Waals surface area contributed by atoms with Crippen LogP contribution in [0.5, 0.6) is 0 Å². The molecule has 1 aliphatic carbocycles. The highest BCUT2D eigenvalue weighted by molar-refractivity contribution is 4.98. The van der Waals surface area contributed by atoms with E-state index in [0.29, 0.717) is 10.8 Å². The summed E-state index contributed by atoms with van der Waals surface area (Å²) in [6.07, 6.45) is 8.52. The van der Waals surface area contributed by atoms with Crippen LogP contribution in [0.25, 0.3) is 0 Å². The van der Waals surface area contributed by atoms with E-state index in [1.165, 1.54) is 19.3 Å². The van der Waals surface area contributed by atoms with Gasteiger partial charge in [-0.3, -0.25) is 0 Å². The van der Waals surface area contributed by atoms with Gasteiger partial charge in [0.05, 0.1) is 13.2 Å². The van der Waals surface area contributed by atoms with Gasteiger partial charge in [-0.1, -0.05) is 81.6 Å². The summed E-state index contributed by atoms with van der Waals surface area (Å²) in [5.74, 6) is 0. The lowest BCUT2D eigenvalue weighted by molar-refractivity contribution is -0.123. The summed E-state index contributed by atoms with van der Waals surface area (Å²) < 4.78 is 18.6. The first-order chi connectivity index (χ1) is 10.6. The molecule has 0 atom stereocenters. The van der Waals surface area contributed by atoms with Crippen LogP contribution in [-0.2, 0) is 4.74 Å². The Hall–Kier alpha value is -0.110. The summed E-state index contributed by atoms with van der Waals surface area (Å²) >= 11 is 0. The van der Waals surface area contributed by atoms with E-state index in [1.54, 1.807) is 0 Å². The summed E-state index contributed by atoms with van der Waals surface area (Å²) in [5.41, 5.74) is 0.519. The van der Waals surface area contributed by atoms with Crippen LogP contribution in [0.15, 0.2) is 0 Å². The topological polar surface area (TPSA) is 9.23 Å². The Bertz CT molecular complexity index is 347. The summed E-state index contributed by atoms with van der Waals surface area (Å²) in [6, 6.07) is 0. The van der Waals surface area contributed by atoms with E-state index in [1.807, 2.05) is 0 Å². The van der Waals surface area contributed by atoms with Crippen molar-refractivity contribution in [2.75, 3.05) is 13.2 Å². The van der Waals surface area contributed by atoms with Gasteiger partial charge in [-0.15, -0.1) is 0 Å². The Morgan fingerprint density at radius 3 is 1.46 bits per heavy atom. The predicted octanol–water partition coefficient (Wildman–Crippen LogP) is 7.58. The third-order valence-electron chi connectivity index (χ3n) is 6.70. The van der Waals surface area contributed by atoms with Crippen LogP contribution in [0.2, 0.25) is 0 Å². The Morgan fingerprint density at radius 1 is 0.833 bits per heavy atom. The highest BCUT2D eigenvalue weighted by Gasteiger charge is 2.47. The third kappa shape index (κ3) is 7.02. The van der Waals surface area contributed by atoms with Crippen molar-refractivity contribution < 1.29 is 9.13 Å². The first-order valence-electron chi connectivity index (χ1n) is 9.84. The van der Waals surface area contributed by atoms with Crippen molar-refractivity contribution >= 4 is 0 Å². The molecule has 0 spiro atoms. The van der Waals surface area contributed by atoms with Crippen molar-refractivity contribution in [2.45, 2.75) is 113 Å². The maximum absolute atomic E-state index is 13.4. The van der Waals surface area contributed by atoms with E-state index < -0.39 is 5.67 Å². The second kappa shape index (κ2) is 9.01. The normalized spacial score (nSPS) is 21.0. The molecule has 2 fully saturated rings. The lowest BCUT2D eigenvalue weighted by atomic mass is 9.69. The lowest BCUT2D eigenvalue weighted by Gasteiger charge is -2.44. The standard InChI is InChI=1S/C11H22O.C10H19F.CH4/c1-5-10(3,6-2)7-11(4)8-12-9-11;1-4-9(3,5-2)8-10(11)6-7-10;/h5-9H2,1-4H3;4-8H2,1-3H3;1H4. The van der Waals surface area contributed by atoms with Crippen molar-refractivity contribution in [2.24, 2.45) is 16.2 Å². The summed E-state index contributed by atoms with van der Waals surface area (Å²) in [5, 5.41) is 0. The zero-order valence-electron chi connectivity index (χ0n) is 16.9. The molecule has 0 unspecified atom stereocenters. The van der Waals surface area contributed by atoms with Crippen molar-refractivity contribution in [1.29, 1.82) is 0 Å². The fraction of sp³-hybridized carbons (Fsp3) is 1.00. The third-order valence-corrected chi connectivity index (χ3v) is 6.70. The van der Waals surface area contributed by atoms with E-state index in [2.05, 4.69) is 48.5 Å². The number of alkyl halides is 1. The van der Waals surface area contributed by atoms with Gasteiger partial charge in [-0.05, 0) is 36.5 Å². The van der Waals surface area contributed by atoms with Crippen LogP contribution in [0, 0.1) is 16.2 Å². The highest BCUT2D eigenvalue weighted by atomic mass is 19.1. The zero-order chi connectivity index (χ0) is 17.8. The maximum Gasteiger partial charge on any atom is 0.111 e. The maximum atomic E-state index is 13.4. The fourth-order valence-corrected chi connectivity index (χ4v) is 3.66. The molecule has 146 valence electrons. The Labute approximate surface area is 152 Å².